The van der Waals surface area contributed by atoms with Gasteiger partial charge in [-0.2, -0.15) is 0 Å². The van der Waals surface area contributed by atoms with Gasteiger partial charge in [-0.3, -0.25) is 14.5 Å². The minimum atomic E-state index is -1.28. The summed E-state index contributed by atoms with van der Waals surface area (Å²) < 4.78 is 5.11. The highest BCUT2D eigenvalue weighted by Gasteiger charge is 2.51. The Kier molecular flexibility index (Phi) is 2.38. The third-order valence-corrected chi connectivity index (χ3v) is 2.60. The van der Waals surface area contributed by atoms with Gasteiger partial charge < -0.3 is 15.5 Å². The lowest BCUT2D eigenvalue weighted by molar-refractivity contribution is -0.134. The Labute approximate surface area is 96.5 Å². The standard InChI is InChI=1S/C10H11N3O4/c1-10(6-3-2-4-17-6)8(15)13(5-7(11)14)9(16)12-10/h2-4H,5H2,1H3,(H2,11,14)(H,12,16). The van der Waals surface area contributed by atoms with Crippen molar-refractivity contribution in [3.05, 3.63) is 24.2 Å². The molecule has 7 nitrogen and oxygen atoms in total. The van der Waals surface area contributed by atoms with E-state index in [0.29, 0.717) is 5.76 Å². The van der Waals surface area contributed by atoms with Crippen LogP contribution in [0.25, 0.3) is 0 Å². The molecule has 1 fully saturated rings. The molecule has 7 heteroatoms. The van der Waals surface area contributed by atoms with Crippen molar-refractivity contribution >= 4 is 17.8 Å². The van der Waals surface area contributed by atoms with Gasteiger partial charge in [-0.05, 0) is 19.1 Å². The molecule has 0 spiro atoms. The van der Waals surface area contributed by atoms with Crippen LogP contribution in [0.2, 0.25) is 0 Å². The highest BCUT2D eigenvalue weighted by molar-refractivity contribution is 6.08. The second-order valence-corrected chi connectivity index (χ2v) is 3.89. The third kappa shape index (κ3) is 1.65. The number of rotatable bonds is 3. The van der Waals surface area contributed by atoms with Crippen LogP contribution in [0.3, 0.4) is 0 Å². The van der Waals surface area contributed by atoms with E-state index in [9.17, 15) is 14.4 Å². The molecule has 0 radical (unpaired) electrons. The predicted molar refractivity (Wildman–Crippen MR) is 55.5 cm³/mol. The second kappa shape index (κ2) is 3.62. The molecule has 4 amide bonds. The Balaban J connectivity index is 2.32. The number of nitrogens with two attached hydrogens (primary N) is 1. The van der Waals surface area contributed by atoms with Crippen LogP contribution in [0.1, 0.15) is 12.7 Å². The van der Waals surface area contributed by atoms with Crippen molar-refractivity contribution in [1.82, 2.24) is 10.2 Å². The summed E-state index contributed by atoms with van der Waals surface area (Å²) in [6.07, 6.45) is 1.40. The summed E-state index contributed by atoms with van der Waals surface area (Å²) >= 11 is 0. The molecule has 0 aliphatic carbocycles. The van der Waals surface area contributed by atoms with E-state index in [1.165, 1.54) is 13.2 Å². The van der Waals surface area contributed by atoms with Crippen LogP contribution in [0, 0.1) is 0 Å². The summed E-state index contributed by atoms with van der Waals surface area (Å²) in [7, 11) is 0. The molecule has 1 saturated heterocycles. The number of carbonyl (C=O) groups excluding carboxylic acids is 3. The molecule has 0 saturated carbocycles. The summed E-state index contributed by atoms with van der Waals surface area (Å²) in [5.41, 5.74) is 3.69. The van der Waals surface area contributed by atoms with Gasteiger partial charge in [0, 0.05) is 0 Å². The second-order valence-electron chi connectivity index (χ2n) is 3.89. The molecule has 17 heavy (non-hydrogen) atoms. The third-order valence-electron chi connectivity index (χ3n) is 2.60. The van der Waals surface area contributed by atoms with E-state index in [0.717, 1.165) is 4.90 Å². The van der Waals surface area contributed by atoms with Crippen molar-refractivity contribution < 1.29 is 18.8 Å². The summed E-state index contributed by atoms with van der Waals surface area (Å²) in [6, 6.07) is 2.52. The van der Waals surface area contributed by atoms with Gasteiger partial charge in [0.15, 0.2) is 5.54 Å². The van der Waals surface area contributed by atoms with E-state index >= 15 is 0 Å². The molecule has 90 valence electrons. The number of imide groups is 1. The number of carbonyl (C=O) groups is 3. The zero-order valence-electron chi connectivity index (χ0n) is 9.10. The molecule has 1 aromatic heterocycles. The molecule has 0 bridgehead atoms. The number of hydrogen-bond donors (Lipinski definition) is 2. The Morgan fingerprint density at radius 3 is 2.82 bits per heavy atom. The van der Waals surface area contributed by atoms with Gasteiger partial charge >= 0.3 is 6.03 Å². The smallest absolute Gasteiger partial charge is 0.325 e. The first-order valence-electron chi connectivity index (χ1n) is 4.91. The van der Waals surface area contributed by atoms with E-state index in [1.54, 1.807) is 12.1 Å². The fourth-order valence-electron chi connectivity index (χ4n) is 1.73. The van der Waals surface area contributed by atoms with Crippen LogP contribution >= 0.6 is 0 Å². The Morgan fingerprint density at radius 2 is 2.29 bits per heavy atom. The lowest BCUT2D eigenvalue weighted by Gasteiger charge is -2.18. The topological polar surface area (TPSA) is 106 Å². The summed E-state index contributed by atoms with van der Waals surface area (Å²) in [4.78, 5) is 35.2. The Bertz CT molecular complexity index is 482. The van der Waals surface area contributed by atoms with Crippen LogP contribution in [-0.2, 0) is 15.1 Å². The van der Waals surface area contributed by atoms with Crippen LogP contribution in [0.15, 0.2) is 22.8 Å². The van der Waals surface area contributed by atoms with Crippen LogP contribution in [0.4, 0.5) is 4.79 Å². The zero-order valence-corrected chi connectivity index (χ0v) is 9.10. The minimum Gasteiger partial charge on any atom is -0.466 e. The number of nitrogens with one attached hydrogen (secondary N) is 1. The minimum absolute atomic E-state index is 0.308. The van der Waals surface area contributed by atoms with E-state index in [-0.39, 0.29) is 0 Å². The average Bonchev–Trinajstić information content (AvgIpc) is 2.83. The Hall–Kier alpha value is -2.31. The van der Waals surface area contributed by atoms with Crippen molar-refractivity contribution in [3.8, 4) is 0 Å². The Morgan fingerprint density at radius 1 is 1.59 bits per heavy atom. The molecule has 0 aromatic carbocycles. The summed E-state index contributed by atoms with van der Waals surface area (Å²) in [6.45, 7) is 1.06. The van der Waals surface area contributed by atoms with E-state index in [2.05, 4.69) is 5.32 Å². The van der Waals surface area contributed by atoms with Gasteiger partial charge in [-0.15, -0.1) is 0 Å². The van der Waals surface area contributed by atoms with Gasteiger partial charge in [0.2, 0.25) is 5.91 Å². The van der Waals surface area contributed by atoms with Crippen LogP contribution < -0.4 is 11.1 Å². The number of hydrogen-bond acceptors (Lipinski definition) is 4. The predicted octanol–water partition coefficient (Wildman–Crippen LogP) is -0.468. The largest absolute Gasteiger partial charge is 0.466 e. The molecule has 1 aliphatic heterocycles. The zero-order chi connectivity index (χ0) is 12.6. The van der Waals surface area contributed by atoms with Crippen molar-refractivity contribution in [2.45, 2.75) is 12.5 Å². The fourth-order valence-corrected chi connectivity index (χ4v) is 1.73. The maximum absolute atomic E-state index is 12.0. The molecule has 3 N–H and O–H groups in total. The lowest BCUT2D eigenvalue weighted by Crippen LogP contribution is -2.42. The van der Waals surface area contributed by atoms with Gasteiger partial charge in [0.25, 0.3) is 5.91 Å². The van der Waals surface area contributed by atoms with Crippen molar-refractivity contribution in [1.29, 1.82) is 0 Å². The van der Waals surface area contributed by atoms with Gasteiger partial charge in [0.1, 0.15) is 12.3 Å². The summed E-state index contributed by atoms with van der Waals surface area (Å²) in [5, 5.41) is 2.47. The highest BCUT2D eigenvalue weighted by Crippen LogP contribution is 2.28. The molecule has 1 aromatic rings. The lowest BCUT2D eigenvalue weighted by atomic mass is 9.99. The van der Waals surface area contributed by atoms with Crippen molar-refractivity contribution in [2.24, 2.45) is 5.73 Å². The first kappa shape index (κ1) is 11.2. The average molecular weight is 237 g/mol. The molecule has 1 atom stereocenters. The normalized spacial score (nSPS) is 23.9. The van der Waals surface area contributed by atoms with E-state index < -0.39 is 29.9 Å². The molecular weight excluding hydrogens is 226 g/mol. The van der Waals surface area contributed by atoms with Crippen molar-refractivity contribution in [2.75, 3.05) is 6.54 Å². The molecular formula is C10H11N3O4. The highest BCUT2D eigenvalue weighted by atomic mass is 16.3. The molecule has 1 aliphatic rings. The van der Waals surface area contributed by atoms with Gasteiger partial charge in [0.05, 0.1) is 6.26 Å². The number of primary amides is 1. The number of amides is 4. The van der Waals surface area contributed by atoms with Crippen LogP contribution in [-0.4, -0.2) is 29.3 Å². The van der Waals surface area contributed by atoms with E-state index in [1.807, 2.05) is 0 Å². The molecule has 2 rings (SSSR count). The van der Waals surface area contributed by atoms with Crippen LogP contribution in [0.5, 0.6) is 0 Å². The maximum Gasteiger partial charge on any atom is 0.325 e. The van der Waals surface area contributed by atoms with E-state index in [4.69, 9.17) is 10.2 Å². The number of urea groups is 1. The first-order chi connectivity index (χ1) is 7.95. The number of furan rings is 1. The quantitative estimate of drug-likeness (QED) is 0.693. The fraction of sp³-hybridized carbons (Fsp3) is 0.300. The molecule has 1 unspecified atom stereocenters. The first-order valence-corrected chi connectivity index (χ1v) is 4.91. The SMILES string of the molecule is CC1(c2ccco2)NC(=O)N(CC(N)=O)C1=O. The van der Waals surface area contributed by atoms with Crippen molar-refractivity contribution in [3.63, 3.8) is 0 Å². The monoisotopic (exact) mass is 237 g/mol. The maximum atomic E-state index is 12.0. The van der Waals surface area contributed by atoms with Gasteiger partial charge in [-0.25, -0.2) is 4.79 Å². The molecule has 2 heterocycles. The number of nitrogens with zero attached hydrogens (tertiary/aromatic N) is 1. The summed E-state index contributed by atoms with van der Waals surface area (Å²) in [5.74, 6) is -1.00. The van der Waals surface area contributed by atoms with Gasteiger partial charge in [-0.1, -0.05) is 0 Å².